The van der Waals surface area contributed by atoms with Crippen LogP contribution in [-0.4, -0.2) is 55.8 Å². The molecule has 1 spiro atoms. The normalized spacial score (nSPS) is 22.9. The number of nitrogens with zero attached hydrogens (tertiary/aromatic N) is 2. The molecule has 0 aliphatic carbocycles. The van der Waals surface area contributed by atoms with Gasteiger partial charge in [0.25, 0.3) is 0 Å². The second-order valence-corrected chi connectivity index (χ2v) is 9.93. The quantitative estimate of drug-likeness (QED) is 0.716. The van der Waals surface area contributed by atoms with Gasteiger partial charge in [-0.2, -0.15) is 0 Å². The first-order valence-electron chi connectivity index (χ1n) is 11.3. The van der Waals surface area contributed by atoms with E-state index < -0.39 is 0 Å². The standard InChI is InChI=1S/C24H30N2O4S/c1-28-18-4-5-20(25-15-18)22-14-19-21(31-22)6-12-30-24(19)7-9-26(10-8-24)23(27)13-17-3-2-11-29-16-17/h4-5,14-15,17H,2-3,6-13,16H2,1H3. The van der Waals surface area contributed by atoms with E-state index in [9.17, 15) is 4.79 Å². The van der Waals surface area contributed by atoms with Crippen molar-refractivity contribution in [1.82, 2.24) is 9.88 Å². The molecule has 0 bridgehead atoms. The molecule has 0 radical (unpaired) electrons. The van der Waals surface area contributed by atoms with Crippen molar-refractivity contribution in [1.29, 1.82) is 0 Å². The number of carbonyl (C=O) groups excluding carboxylic acids is 1. The number of carbonyl (C=O) groups is 1. The molecule has 2 aromatic heterocycles. The predicted octanol–water partition coefficient (Wildman–Crippen LogP) is 4.03. The molecule has 2 saturated heterocycles. The first-order chi connectivity index (χ1) is 15.2. The summed E-state index contributed by atoms with van der Waals surface area (Å²) < 4.78 is 17.2. The summed E-state index contributed by atoms with van der Waals surface area (Å²) in [6.07, 6.45) is 7.22. The number of piperidine rings is 1. The minimum absolute atomic E-state index is 0.264. The van der Waals surface area contributed by atoms with Gasteiger partial charge in [-0.3, -0.25) is 9.78 Å². The zero-order chi connectivity index (χ0) is 21.3. The third-order valence-electron chi connectivity index (χ3n) is 6.87. The van der Waals surface area contributed by atoms with E-state index in [4.69, 9.17) is 14.2 Å². The molecule has 2 aromatic rings. The van der Waals surface area contributed by atoms with Crippen LogP contribution in [0.2, 0.25) is 0 Å². The van der Waals surface area contributed by atoms with E-state index in [0.717, 1.165) is 76.5 Å². The van der Waals surface area contributed by atoms with E-state index in [1.54, 1.807) is 13.3 Å². The van der Waals surface area contributed by atoms with Gasteiger partial charge in [0.1, 0.15) is 5.75 Å². The number of ether oxygens (including phenoxy) is 3. The lowest BCUT2D eigenvalue weighted by molar-refractivity contribution is -0.142. The Morgan fingerprint density at radius 2 is 2.19 bits per heavy atom. The fraction of sp³-hybridized carbons (Fsp3) is 0.583. The van der Waals surface area contributed by atoms with E-state index in [-0.39, 0.29) is 11.5 Å². The number of hydrogen-bond acceptors (Lipinski definition) is 6. The second-order valence-electron chi connectivity index (χ2n) is 8.79. The molecule has 3 aliphatic heterocycles. The molecule has 5 rings (SSSR count). The van der Waals surface area contributed by atoms with Gasteiger partial charge in [0.05, 0.1) is 36.1 Å². The zero-order valence-corrected chi connectivity index (χ0v) is 18.9. The Labute approximate surface area is 187 Å². The van der Waals surface area contributed by atoms with Crippen LogP contribution in [0.15, 0.2) is 24.4 Å². The lowest BCUT2D eigenvalue weighted by Gasteiger charge is -2.44. The summed E-state index contributed by atoms with van der Waals surface area (Å²) in [5, 5.41) is 0. The highest BCUT2D eigenvalue weighted by Gasteiger charge is 2.43. The summed E-state index contributed by atoms with van der Waals surface area (Å²) in [7, 11) is 1.65. The smallest absolute Gasteiger partial charge is 0.222 e. The Kier molecular flexibility index (Phi) is 5.99. The van der Waals surface area contributed by atoms with Crippen LogP contribution in [0.3, 0.4) is 0 Å². The number of amides is 1. The lowest BCUT2D eigenvalue weighted by atomic mass is 9.82. The molecule has 3 aliphatic rings. The van der Waals surface area contributed by atoms with Crippen molar-refractivity contribution >= 4 is 17.2 Å². The molecular weight excluding hydrogens is 412 g/mol. The molecule has 0 saturated carbocycles. The summed E-state index contributed by atoms with van der Waals surface area (Å²) in [4.78, 5) is 22.0. The number of pyridine rings is 1. The number of rotatable bonds is 4. The highest BCUT2D eigenvalue weighted by molar-refractivity contribution is 7.15. The average molecular weight is 443 g/mol. The Hall–Kier alpha value is -1.96. The van der Waals surface area contributed by atoms with Crippen molar-refractivity contribution < 1.29 is 19.0 Å². The van der Waals surface area contributed by atoms with Crippen LogP contribution >= 0.6 is 11.3 Å². The Morgan fingerprint density at radius 3 is 2.90 bits per heavy atom. The maximum absolute atomic E-state index is 12.8. The molecule has 166 valence electrons. The van der Waals surface area contributed by atoms with Gasteiger partial charge in [0.15, 0.2) is 0 Å². The van der Waals surface area contributed by atoms with E-state index in [1.807, 2.05) is 28.4 Å². The van der Waals surface area contributed by atoms with Crippen LogP contribution in [0.1, 0.15) is 42.5 Å². The Balaban J connectivity index is 1.28. The third-order valence-corrected chi connectivity index (χ3v) is 8.09. The molecule has 31 heavy (non-hydrogen) atoms. The van der Waals surface area contributed by atoms with Crippen molar-refractivity contribution in [3.8, 4) is 16.3 Å². The van der Waals surface area contributed by atoms with Gasteiger partial charge in [-0.1, -0.05) is 0 Å². The van der Waals surface area contributed by atoms with Crippen molar-refractivity contribution in [2.75, 3.05) is 40.0 Å². The van der Waals surface area contributed by atoms with E-state index >= 15 is 0 Å². The van der Waals surface area contributed by atoms with Crippen LogP contribution in [0.4, 0.5) is 0 Å². The summed E-state index contributed by atoms with van der Waals surface area (Å²) in [5.74, 6) is 1.42. The summed E-state index contributed by atoms with van der Waals surface area (Å²) in [6, 6.07) is 6.24. The monoisotopic (exact) mass is 442 g/mol. The van der Waals surface area contributed by atoms with Gasteiger partial charge in [0, 0.05) is 44.0 Å². The summed E-state index contributed by atoms with van der Waals surface area (Å²) in [5.41, 5.74) is 2.02. The van der Waals surface area contributed by atoms with Crippen molar-refractivity contribution in [3.05, 3.63) is 34.8 Å². The molecule has 2 fully saturated rings. The van der Waals surface area contributed by atoms with Gasteiger partial charge in [-0.15, -0.1) is 11.3 Å². The summed E-state index contributed by atoms with van der Waals surface area (Å²) >= 11 is 1.82. The molecule has 7 heteroatoms. The van der Waals surface area contributed by atoms with Crippen LogP contribution in [0.25, 0.3) is 10.6 Å². The first-order valence-corrected chi connectivity index (χ1v) is 12.1. The predicted molar refractivity (Wildman–Crippen MR) is 119 cm³/mol. The largest absolute Gasteiger partial charge is 0.495 e. The van der Waals surface area contributed by atoms with Gasteiger partial charge in [0.2, 0.25) is 5.91 Å². The van der Waals surface area contributed by atoms with Gasteiger partial charge < -0.3 is 19.1 Å². The van der Waals surface area contributed by atoms with E-state index in [0.29, 0.717) is 12.3 Å². The van der Waals surface area contributed by atoms with Gasteiger partial charge in [-0.25, -0.2) is 0 Å². The fourth-order valence-electron chi connectivity index (χ4n) is 5.07. The summed E-state index contributed by atoms with van der Waals surface area (Å²) in [6.45, 7) is 3.84. The molecular formula is C24H30N2O4S. The Bertz CT molecular complexity index is 912. The molecule has 0 aromatic carbocycles. The first kappa shape index (κ1) is 20.9. The highest BCUT2D eigenvalue weighted by atomic mass is 32.1. The van der Waals surface area contributed by atoms with Gasteiger partial charge in [-0.05, 0) is 55.4 Å². The minimum atomic E-state index is -0.264. The number of hydrogen-bond donors (Lipinski definition) is 0. The minimum Gasteiger partial charge on any atom is -0.495 e. The van der Waals surface area contributed by atoms with Crippen LogP contribution < -0.4 is 4.74 Å². The van der Waals surface area contributed by atoms with Crippen molar-refractivity contribution in [2.45, 2.75) is 44.1 Å². The van der Waals surface area contributed by atoms with Crippen LogP contribution in [0, 0.1) is 5.92 Å². The van der Waals surface area contributed by atoms with Crippen molar-refractivity contribution in [2.24, 2.45) is 5.92 Å². The molecule has 1 atom stereocenters. The fourth-order valence-corrected chi connectivity index (χ4v) is 6.27. The van der Waals surface area contributed by atoms with Crippen LogP contribution in [0.5, 0.6) is 5.75 Å². The maximum Gasteiger partial charge on any atom is 0.222 e. The van der Waals surface area contributed by atoms with E-state index in [2.05, 4.69) is 11.1 Å². The van der Waals surface area contributed by atoms with Gasteiger partial charge >= 0.3 is 0 Å². The van der Waals surface area contributed by atoms with Crippen molar-refractivity contribution in [3.63, 3.8) is 0 Å². The molecule has 1 amide bonds. The van der Waals surface area contributed by atoms with E-state index in [1.165, 1.54) is 15.3 Å². The average Bonchev–Trinajstić information content (AvgIpc) is 3.26. The highest BCUT2D eigenvalue weighted by Crippen LogP contribution is 2.46. The second kappa shape index (κ2) is 8.88. The lowest BCUT2D eigenvalue weighted by Crippen LogP contribution is -2.48. The number of thiophene rings is 1. The maximum atomic E-state index is 12.8. The zero-order valence-electron chi connectivity index (χ0n) is 18.1. The molecule has 1 unspecified atom stereocenters. The Morgan fingerprint density at radius 1 is 1.32 bits per heavy atom. The number of likely N-dealkylation sites (tertiary alicyclic amines) is 1. The topological polar surface area (TPSA) is 60.9 Å². The number of aromatic nitrogens is 1. The number of methoxy groups -OCH3 is 1. The molecule has 5 heterocycles. The number of fused-ring (bicyclic) bond motifs is 2. The molecule has 6 nitrogen and oxygen atoms in total. The SMILES string of the molecule is COc1ccc(-c2cc3c(s2)CCOC32CCN(C(=O)CC3CCCOC3)CC2)nc1. The third kappa shape index (κ3) is 4.23. The molecule has 0 N–H and O–H groups in total. The van der Waals surface area contributed by atoms with Crippen LogP contribution in [-0.2, 0) is 26.3 Å².